The van der Waals surface area contributed by atoms with E-state index in [-0.39, 0.29) is 11.8 Å². The molecule has 2 amide bonds. The lowest BCUT2D eigenvalue weighted by molar-refractivity contribution is -0.117. The maximum Gasteiger partial charge on any atom is 0.274 e. The first-order valence-electron chi connectivity index (χ1n) is 9.93. The van der Waals surface area contributed by atoms with E-state index in [0.717, 1.165) is 55.8 Å². The van der Waals surface area contributed by atoms with Gasteiger partial charge in [-0.05, 0) is 57.0 Å². The average molecular weight is 382 g/mol. The van der Waals surface area contributed by atoms with Crippen molar-refractivity contribution in [3.63, 3.8) is 0 Å². The van der Waals surface area contributed by atoms with E-state index in [4.69, 9.17) is 0 Å². The predicted molar refractivity (Wildman–Crippen MR) is 105 cm³/mol. The van der Waals surface area contributed by atoms with E-state index >= 15 is 0 Å². The molecule has 0 unspecified atom stereocenters. The molecule has 3 heterocycles. The molecule has 0 bridgehead atoms. The van der Waals surface area contributed by atoms with Crippen molar-refractivity contribution in [2.24, 2.45) is 0 Å². The van der Waals surface area contributed by atoms with Crippen LogP contribution in [0, 0.1) is 6.92 Å². The fourth-order valence-electron chi connectivity index (χ4n) is 3.97. The van der Waals surface area contributed by atoms with Gasteiger partial charge in [0, 0.05) is 25.2 Å². The third-order valence-electron chi connectivity index (χ3n) is 5.55. The van der Waals surface area contributed by atoms with Gasteiger partial charge in [-0.15, -0.1) is 5.10 Å². The molecule has 8 heteroatoms. The van der Waals surface area contributed by atoms with Gasteiger partial charge in [-0.1, -0.05) is 17.3 Å². The Hall–Kier alpha value is -2.74. The first-order chi connectivity index (χ1) is 13.6. The second-order valence-electron chi connectivity index (χ2n) is 7.45. The standard InChI is InChI=1S/C20H26N6O2/c1-14-19(23-24-26(14)16-7-9-21-10-8-16)20(28)22-13-15-4-2-5-17(12-15)25-11-3-6-18(25)27/h2,4-5,12,16,21H,3,6-11,13H2,1H3,(H,22,28). The number of benzene rings is 1. The van der Waals surface area contributed by atoms with E-state index in [1.165, 1.54) is 0 Å². The Labute approximate surface area is 164 Å². The van der Waals surface area contributed by atoms with Crippen LogP contribution in [0.2, 0.25) is 0 Å². The highest BCUT2D eigenvalue weighted by molar-refractivity contribution is 5.95. The molecule has 0 aliphatic carbocycles. The van der Waals surface area contributed by atoms with Gasteiger partial charge in [0.15, 0.2) is 5.69 Å². The van der Waals surface area contributed by atoms with Gasteiger partial charge in [0.25, 0.3) is 5.91 Å². The molecular weight excluding hydrogens is 356 g/mol. The summed E-state index contributed by atoms with van der Waals surface area (Å²) in [6.45, 7) is 4.96. The fourth-order valence-corrected chi connectivity index (χ4v) is 3.97. The quantitative estimate of drug-likeness (QED) is 0.819. The molecule has 28 heavy (non-hydrogen) atoms. The summed E-state index contributed by atoms with van der Waals surface area (Å²) in [5.74, 6) is -0.0633. The number of carbonyl (C=O) groups is 2. The summed E-state index contributed by atoms with van der Waals surface area (Å²) >= 11 is 0. The lowest BCUT2D eigenvalue weighted by Crippen LogP contribution is -2.30. The Morgan fingerprint density at radius 2 is 2.14 bits per heavy atom. The lowest BCUT2D eigenvalue weighted by Gasteiger charge is -2.23. The highest BCUT2D eigenvalue weighted by Crippen LogP contribution is 2.23. The van der Waals surface area contributed by atoms with Crippen molar-refractivity contribution in [3.8, 4) is 0 Å². The van der Waals surface area contributed by atoms with E-state index in [1.807, 2.05) is 35.9 Å². The molecule has 8 nitrogen and oxygen atoms in total. The third kappa shape index (κ3) is 3.77. The molecule has 1 aromatic heterocycles. The van der Waals surface area contributed by atoms with Crippen LogP contribution in [0.25, 0.3) is 0 Å². The Kier molecular flexibility index (Phi) is 5.38. The van der Waals surface area contributed by atoms with Crippen LogP contribution in [0.4, 0.5) is 5.69 Å². The summed E-state index contributed by atoms with van der Waals surface area (Å²) in [6.07, 6.45) is 3.49. The van der Waals surface area contributed by atoms with Crippen molar-refractivity contribution < 1.29 is 9.59 Å². The average Bonchev–Trinajstić information content (AvgIpc) is 3.32. The minimum absolute atomic E-state index is 0.159. The summed E-state index contributed by atoms with van der Waals surface area (Å²) in [5.41, 5.74) is 3.03. The molecule has 2 aliphatic heterocycles. The van der Waals surface area contributed by atoms with Gasteiger partial charge in [0.2, 0.25) is 5.91 Å². The van der Waals surface area contributed by atoms with Crippen LogP contribution >= 0.6 is 0 Å². The second kappa shape index (κ2) is 8.10. The Morgan fingerprint density at radius 1 is 1.32 bits per heavy atom. The highest BCUT2D eigenvalue weighted by Gasteiger charge is 2.23. The van der Waals surface area contributed by atoms with Gasteiger partial charge in [0.1, 0.15) is 0 Å². The largest absolute Gasteiger partial charge is 0.347 e. The number of hydrogen-bond acceptors (Lipinski definition) is 5. The van der Waals surface area contributed by atoms with Crippen molar-refractivity contribution in [2.75, 3.05) is 24.5 Å². The molecular formula is C20H26N6O2. The van der Waals surface area contributed by atoms with E-state index in [9.17, 15) is 9.59 Å². The first kappa shape index (κ1) is 18.6. The number of piperidine rings is 1. The van der Waals surface area contributed by atoms with Crippen LogP contribution in [0.1, 0.15) is 53.5 Å². The van der Waals surface area contributed by atoms with E-state index < -0.39 is 0 Å². The fraction of sp³-hybridized carbons (Fsp3) is 0.500. The molecule has 2 aromatic rings. The Morgan fingerprint density at radius 3 is 2.89 bits per heavy atom. The van der Waals surface area contributed by atoms with Crippen molar-refractivity contribution >= 4 is 17.5 Å². The number of hydrogen-bond donors (Lipinski definition) is 2. The van der Waals surface area contributed by atoms with Crippen LogP contribution < -0.4 is 15.5 Å². The summed E-state index contributed by atoms with van der Waals surface area (Å²) in [7, 11) is 0. The zero-order chi connectivity index (χ0) is 19.5. The maximum absolute atomic E-state index is 12.6. The summed E-state index contributed by atoms with van der Waals surface area (Å²) in [6, 6.07) is 8.06. The molecule has 2 aliphatic rings. The SMILES string of the molecule is Cc1c(C(=O)NCc2cccc(N3CCCC3=O)c2)nnn1C1CCNCC1. The van der Waals surface area contributed by atoms with Crippen molar-refractivity contribution in [2.45, 2.75) is 45.2 Å². The van der Waals surface area contributed by atoms with Gasteiger partial charge in [-0.2, -0.15) is 0 Å². The van der Waals surface area contributed by atoms with Crippen molar-refractivity contribution in [1.29, 1.82) is 0 Å². The number of aromatic nitrogens is 3. The first-order valence-corrected chi connectivity index (χ1v) is 9.93. The number of nitrogens with zero attached hydrogens (tertiary/aromatic N) is 4. The molecule has 148 valence electrons. The van der Waals surface area contributed by atoms with E-state index in [0.29, 0.717) is 24.7 Å². The lowest BCUT2D eigenvalue weighted by atomic mass is 10.1. The molecule has 0 spiro atoms. The minimum Gasteiger partial charge on any atom is -0.347 e. The number of nitrogens with one attached hydrogen (secondary N) is 2. The Balaban J connectivity index is 1.41. The zero-order valence-corrected chi connectivity index (χ0v) is 16.1. The second-order valence-corrected chi connectivity index (χ2v) is 7.45. The number of carbonyl (C=O) groups excluding carboxylic acids is 2. The molecule has 2 fully saturated rings. The van der Waals surface area contributed by atoms with Crippen molar-refractivity contribution in [3.05, 3.63) is 41.2 Å². The molecule has 4 rings (SSSR count). The zero-order valence-electron chi connectivity index (χ0n) is 16.1. The number of rotatable bonds is 5. The maximum atomic E-state index is 12.6. The molecule has 1 aromatic carbocycles. The predicted octanol–water partition coefficient (Wildman–Crippen LogP) is 1.57. The third-order valence-corrected chi connectivity index (χ3v) is 5.55. The molecule has 2 saturated heterocycles. The monoisotopic (exact) mass is 382 g/mol. The summed E-state index contributed by atoms with van der Waals surface area (Å²) in [4.78, 5) is 26.4. The smallest absolute Gasteiger partial charge is 0.274 e. The van der Waals surface area contributed by atoms with E-state index in [1.54, 1.807) is 4.90 Å². The van der Waals surface area contributed by atoms with Crippen LogP contribution in [-0.4, -0.2) is 46.4 Å². The summed E-state index contributed by atoms with van der Waals surface area (Å²) < 4.78 is 1.88. The normalized spacial score (nSPS) is 17.9. The van der Waals surface area contributed by atoms with Crippen LogP contribution in [0.5, 0.6) is 0 Å². The minimum atomic E-state index is -0.222. The van der Waals surface area contributed by atoms with Crippen LogP contribution in [0.3, 0.4) is 0 Å². The highest BCUT2D eigenvalue weighted by atomic mass is 16.2. The van der Waals surface area contributed by atoms with Gasteiger partial charge >= 0.3 is 0 Å². The Bertz CT molecular complexity index is 871. The number of anilines is 1. The van der Waals surface area contributed by atoms with Gasteiger partial charge in [-0.3, -0.25) is 9.59 Å². The topological polar surface area (TPSA) is 92.2 Å². The number of amides is 2. The van der Waals surface area contributed by atoms with Gasteiger partial charge in [-0.25, -0.2) is 4.68 Å². The van der Waals surface area contributed by atoms with Gasteiger partial charge < -0.3 is 15.5 Å². The van der Waals surface area contributed by atoms with Crippen molar-refractivity contribution in [1.82, 2.24) is 25.6 Å². The molecule has 0 radical (unpaired) electrons. The van der Waals surface area contributed by atoms with E-state index in [2.05, 4.69) is 20.9 Å². The van der Waals surface area contributed by atoms with Crippen LogP contribution in [-0.2, 0) is 11.3 Å². The molecule has 2 N–H and O–H groups in total. The summed E-state index contributed by atoms with van der Waals surface area (Å²) in [5, 5.41) is 14.6. The van der Waals surface area contributed by atoms with Gasteiger partial charge in [0.05, 0.1) is 11.7 Å². The molecule has 0 saturated carbocycles. The molecule has 0 atom stereocenters. The van der Waals surface area contributed by atoms with Crippen LogP contribution in [0.15, 0.2) is 24.3 Å².